The van der Waals surface area contributed by atoms with Crippen LogP contribution in [-0.4, -0.2) is 32.1 Å². The van der Waals surface area contributed by atoms with Crippen LogP contribution in [0.15, 0.2) is 21.9 Å². The van der Waals surface area contributed by atoms with Crippen molar-refractivity contribution in [2.24, 2.45) is 7.05 Å². The van der Waals surface area contributed by atoms with Gasteiger partial charge in [0.25, 0.3) is 0 Å². The molecule has 1 saturated heterocycles. The molecule has 0 spiro atoms. The van der Waals surface area contributed by atoms with Gasteiger partial charge in [-0.25, -0.2) is 0 Å². The van der Waals surface area contributed by atoms with Crippen LogP contribution in [0.2, 0.25) is 0 Å². The van der Waals surface area contributed by atoms with Crippen LogP contribution in [-0.2, 0) is 16.6 Å². The van der Waals surface area contributed by atoms with E-state index in [-0.39, 0.29) is 17.3 Å². The monoisotopic (exact) mass is 293 g/mol. The number of carbonyl (C=O) groups excluding carboxylic acids is 1. The molecule has 0 N–H and O–H groups in total. The third-order valence-corrected chi connectivity index (χ3v) is 4.54. The fraction of sp³-hybridized carbons (Fsp3) is 0.462. The lowest BCUT2D eigenvalue weighted by Gasteiger charge is -2.05. The lowest BCUT2D eigenvalue weighted by atomic mass is 10.2. The van der Waals surface area contributed by atoms with E-state index in [1.165, 1.54) is 11.8 Å². The third kappa shape index (κ3) is 2.22. The van der Waals surface area contributed by atoms with Crippen LogP contribution in [0.5, 0.6) is 0 Å². The normalized spacial score (nSPS) is 22.2. The zero-order chi connectivity index (χ0) is 14.3. The van der Waals surface area contributed by atoms with Gasteiger partial charge in [0.05, 0.1) is 11.8 Å². The molecule has 2 aromatic heterocycles. The van der Waals surface area contributed by atoms with E-state index in [0.29, 0.717) is 11.6 Å². The van der Waals surface area contributed by atoms with E-state index >= 15 is 0 Å². The van der Waals surface area contributed by atoms with Crippen molar-refractivity contribution in [2.75, 3.05) is 0 Å². The van der Waals surface area contributed by atoms with Crippen molar-refractivity contribution in [2.45, 2.75) is 36.8 Å². The Morgan fingerprint density at radius 3 is 2.85 bits per heavy atom. The molecule has 3 heterocycles. The van der Waals surface area contributed by atoms with Crippen molar-refractivity contribution in [1.29, 1.82) is 0 Å². The summed E-state index contributed by atoms with van der Waals surface area (Å²) >= 11 is 1.40. The molecule has 106 valence electrons. The smallest absolute Gasteiger partial charge is 0.319 e. The van der Waals surface area contributed by atoms with Crippen molar-refractivity contribution < 1.29 is 13.9 Å². The maximum atomic E-state index is 11.7. The highest BCUT2D eigenvalue weighted by Gasteiger charge is 2.34. The molecule has 2 aromatic rings. The Labute approximate surface area is 120 Å². The quantitative estimate of drug-likeness (QED) is 0.808. The molecule has 0 bridgehead atoms. The molecular weight excluding hydrogens is 278 g/mol. The first-order chi connectivity index (χ1) is 9.56. The average Bonchev–Trinajstić information content (AvgIpc) is 3.04. The standard InChI is InChI=1S/C13H15N3O3S/c1-7-6-10(12(17)19-7)20-13-15-14-11(16(13)3)9-4-5-18-8(9)2/h4-5,7,10H,6H2,1-3H3. The number of cyclic esters (lactones) is 1. The molecular formula is C13H15N3O3S. The lowest BCUT2D eigenvalue weighted by molar-refractivity contribution is -0.140. The number of rotatable bonds is 3. The van der Waals surface area contributed by atoms with Gasteiger partial charge in [-0.3, -0.25) is 4.79 Å². The maximum absolute atomic E-state index is 11.7. The van der Waals surface area contributed by atoms with Gasteiger partial charge in [0.15, 0.2) is 11.0 Å². The first kappa shape index (κ1) is 13.2. The zero-order valence-electron chi connectivity index (χ0n) is 11.5. The molecule has 3 rings (SSSR count). The van der Waals surface area contributed by atoms with Crippen LogP contribution >= 0.6 is 11.8 Å². The highest BCUT2D eigenvalue weighted by atomic mass is 32.2. The van der Waals surface area contributed by atoms with Crippen LogP contribution < -0.4 is 0 Å². The topological polar surface area (TPSA) is 70.2 Å². The van der Waals surface area contributed by atoms with Crippen molar-refractivity contribution in [3.05, 3.63) is 18.1 Å². The van der Waals surface area contributed by atoms with Crippen LogP contribution in [0, 0.1) is 6.92 Å². The van der Waals surface area contributed by atoms with Crippen LogP contribution in [0.3, 0.4) is 0 Å². The number of hydrogen-bond donors (Lipinski definition) is 0. The molecule has 0 saturated carbocycles. The molecule has 0 amide bonds. The SMILES string of the molecule is Cc1occc1-c1nnc(SC2CC(C)OC2=O)n1C. The molecule has 0 aliphatic carbocycles. The van der Waals surface area contributed by atoms with Gasteiger partial charge < -0.3 is 13.7 Å². The summed E-state index contributed by atoms with van der Waals surface area (Å²) in [5.74, 6) is 1.36. The van der Waals surface area contributed by atoms with Gasteiger partial charge in [0, 0.05) is 13.5 Å². The number of carbonyl (C=O) groups is 1. The highest BCUT2D eigenvalue weighted by molar-refractivity contribution is 8.00. The summed E-state index contributed by atoms with van der Waals surface area (Å²) in [7, 11) is 1.88. The Balaban J connectivity index is 1.84. The van der Waals surface area contributed by atoms with Gasteiger partial charge in [0.2, 0.25) is 0 Å². The molecule has 7 heteroatoms. The molecule has 1 aliphatic rings. The van der Waals surface area contributed by atoms with Crippen LogP contribution in [0.25, 0.3) is 11.4 Å². The van der Waals surface area contributed by atoms with E-state index in [1.807, 2.05) is 31.5 Å². The molecule has 2 unspecified atom stereocenters. The van der Waals surface area contributed by atoms with Crippen molar-refractivity contribution in [3.63, 3.8) is 0 Å². The van der Waals surface area contributed by atoms with Gasteiger partial charge in [-0.2, -0.15) is 0 Å². The molecule has 0 aromatic carbocycles. The number of ether oxygens (including phenoxy) is 1. The minimum absolute atomic E-state index is 0.0242. The predicted octanol–water partition coefficient (Wildman–Crippen LogP) is 2.18. The van der Waals surface area contributed by atoms with Gasteiger partial charge in [0.1, 0.15) is 17.1 Å². The first-order valence-corrected chi connectivity index (χ1v) is 7.25. The first-order valence-electron chi connectivity index (χ1n) is 6.37. The number of furan rings is 1. The van der Waals surface area contributed by atoms with Crippen LogP contribution in [0.4, 0.5) is 0 Å². The zero-order valence-corrected chi connectivity index (χ0v) is 12.3. The molecule has 1 fully saturated rings. The Morgan fingerprint density at radius 2 is 2.25 bits per heavy atom. The summed E-state index contributed by atoms with van der Waals surface area (Å²) in [5, 5.41) is 8.85. The van der Waals surface area contributed by atoms with E-state index in [4.69, 9.17) is 9.15 Å². The number of hydrogen-bond acceptors (Lipinski definition) is 6. The number of nitrogens with zero attached hydrogens (tertiary/aromatic N) is 3. The van der Waals surface area contributed by atoms with Gasteiger partial charge in [-0.1, -0.05) is 11.8 Å². The molecule has 20 heavy (non-hydrogen) atoms. The summed E-state index contributed by atoms with van der Waals surface area (Å²) < 4.78 is 12.3. The van der Waals surface area contributed by atoms with E-state index in [2.05, 4.69) is 10.2 Å². The second-order valence-corrected chi connectivity index (χ2v) is 6.02. The fourth-order valence-corrected chi connectivity index (χ4v) is 3.32. The minimum atomic E-state index is -0.203. The van der Waals surface area contributed by atoms with E-state index in [0.717, 1.165) is 17.1 Å². The van der Waals surface area contributed by atoms with Crippen molar-refractivity contribution >= 4 is 17.7 Å². The molecule has 0 radical (unpaired) electrons. The molecule has 6 nitrogen and oxygen atoms in total. The molecule has 1 aliphatic heterocycles. The van der Waals surface area contributed by atoms with Crippen molar-refractivity contribution in [1.82, 2.24) is 14.8 Å². The largest absolute Gasteiger partial charge is 0.469 e. The Morgan fingerprint density at radius 1 is 1.45 bits per heavy atom. The Bertz CT molecular complexity index is 649. The summed E-state index contributed by atoms with van der Waals surface area (Å²) in [4.78, 5) is 11.7. The summed E-state index contributed by atoms with van der Waals surface area (Å²) in [5.41, 5.74) is 0.911. The van der Waals surface area contributed by atoms with Gasteiger partial charge >= 0.3 is 5.97 Å². The summed E-state index contributed by atoms with van der Waals surface area (Å²) in [6.07, 6.45) is 2.31. The number of aryl methyl sites for hydroxylation is 1. The predicted molar refractivity (Wildman–Crippen MR) is 73.3 cm³/mol. The number of thioether (sulfide) groups is 1. The number of esters is 1. The van der Waals surface area contributed by atoms with E-state index < -0.39 is 0 Å². The Kier molecular flexibility index (Phi) is 3.29. The van der Waals surface area contributed by atoms with E-state index in [9.17, 15) is 4.79 Å². The maximum Gasteiger partial charge on any atom is 0.319 e. The summed E-state index contributed by atoms with van der Waals surface area (Å²) in [6.45, 7) is 3.78. The van der Waals surface area contributed by atoms with Gasteiger partial charge in [-0.15, -0.1) is 10.2 Å². The fourth-order valence-electron chi connectivity index (χ4n) is 2.21. The average molecular weight is 293 g/mol. The van der Waals surface area contributed by atoms with E-state index in [1.54, 1.807) is 6.26 Å². The number of aromatic nitrogens is 3. The lowest BCUT2D eigenvalue weighted by Crippen LogP contribution is -2.10. The second kappa shape index (κ2) is 4.97. The molecule has 2 atom stereocenters. The Hall–Kier alpha value is -1.76. The minimum Gasteiger partial charge on any atom is -0.469 e. The van der Waals surface area contributed by atoms with Crippen LogP contribution in [0.1, 0.15) is 19.1 Å². The third-order valence-electron chi connectivity index (χ3n) is 3.31. The highest BCUT2D eigenvalue weighted by Crippen LogP contribution is 2.33. The van der Waals surface area contributed by atoms with Crippen molar-refractivity contribution in [3.8, 4) is 11.4 Å². The summed E-state index contributed by atoms with van der Waals surface area (Å²) in [6, 6.07) is 1.86. The second-order valence-electron chi connectivity index (χ2n) is 4.85. The van der Waals surface area contributed by atoms with Gasteiger partial charge in [-0.05, 0) is 19.9 Å².